The Hall–Kier alpha value is -2.00. The Labute approximate surface area is 218 Å². The van der Waals surface area contributed by atoms with Gasteiger partial charge in [-0.05, 0) is 50.6 Å². The molecule has 1 amide bonds. The van der Waals surface area contributed by atoms with E-state index in [-0.39, 0.29) is 12.5 Å². The lowest BCUT2D eigenvalue weighted by Crippen LogP contribution is -2.63. The topological polar surface area (TPSA) is 64.2 Å². The molecule has 2 aliphatic heterocycles. The summed E-state index contributed by atoms with van der Waals surface area (Å²) in [4.78, 5) is 19.9. The van der Waals surface area contributed by atoms with Crippen LogP contribution in [0.1, 0.15) is 19.4 Å². The Kier molecular flexibility index (Phi) is 7.86. The summed E-state index contributed by atoms with van der Waals surface area (Å²) in [5.74, 6) is -0.0475. The number of aryl methyl sites for hydroxylation is 1. The molecule has 2 fully saturated rings. The van der Waals surface area contributed by atoms with Crippen molar-refractivity contribution in [3.63, 3.8) is 0 Å². The van der Waals surface area contributed by atoms with E-state index in [2.05, 4.69) is 9.80 Å². The molecule has 0 bridgehead atoms. The van der Waals surface area contributed by atoms with E-state index in [0.29, 0.717) is 49.3 Å². The van der Waals surface area contributed by atoms with Crippen molar-refractivity contribution in [1.82, 2.24) is 9.21 Å². The fourth-order valence-electron chi connectivity index (χ4n) is 4.78. The SMILES string of the molecule is Cc1ccccc1N1CCN(S(=O)(=O)C(C)C)CC1C(=O)N1CCN(c2cc(Cl)ccc2Cl)CC1. The summed E-state index contributed by atoms with van der Waals surface area (Å²) in [7, 11) is -3.47. The first-order valence-corrected chi connectivity index (χ1v) is 14.2. The molecule has 0 saturated carbocycles. The second-order valence-electron chi connectivity index (χ2n) is 9.36. The zero-order valence-corrected chi connectivity index (χ0v) is 22.7. The van der Waals surface area contributed by atoms with Gasteiger partial charge in [-0.2, -0.15) is 4.31 Å². The molecule has 2 aromatic carbocycles. The van der Waals surface area contributed by atoms with Gasteiger partial charge in [0.15, 0.2) is 0 Å². The highest BCUT2D eigenvalue weighted by atomic mass is 35.5. The molecule has 190 valence electrons. The van der Waals surface area contributed by atoms with Crippen molar-refractivity contribution in [1.29, 1.82) is 0 Å². The first-order valence-electron chi connectivity index (χ1n) is 11.9. The molecular formula is C25H32Cl2N4O3S. The summed E-state index contributed by atoms with van der Waals surface area (Å²) in [6, 6.07) is 12.7. The fourth-order valence-corrected chi connectivity index (χ4v) is 6.46. The Bertz CT molecular complexity index is 1180. The Morgan fingerprint density at radius 2 is 1.63 bits per heavy atom. The lowest BCUT2D eigenvalue weighted by Gasteiger charge is -2.45. The molecule has 7 nitrogen and oxygen atoms in total. The van der Waals surface area contributed by atoms with E-state index in [0.717, 1.165) is 16.9 Å². The number of piperazine rings is 2. The van der Waals surface area contributed by atoms with Gasteiger partial charge in [0.1, 0.15) is 6.04 Å². The third-order valence-electron chi connectivity index (χ3n) is 6.85. The van der Waals surface area contributed by atoms with Crippen molar-refractivity contribution in [2.75, 3.05) is 55.6 Å². The number of carbonyl (C=O) groups excluding carboxylic acids is 1. The third-order valence-corrected chi connectivity index (χ3v) is 9.65. The number of para-hydroxylation sites is 1. The van der Waals surface area contributed by atoms with Crippen LogP contribution in [0.5, 0.6) is 0 Å². The number of benzene rings is 2. The monoisotopic (exact) mass is 538 g/mol. The van der Waals surface area contributed by atoms with Gasteiger partial charge >= 0.3 is 0 Å². The van der Waals surface area contributed by atoms with Crippen LogP contribution in [0.4, 0.5) is 11.4 Å². The van der Waals surface area contributed by atoms with Gasteiger partial charge in [0.05, 0.1) is 16.0 Å². The fraction of sp³-hybridized carbons (Fsp3) is 0.480. The number of amides is 1. The van der Waals surface area contributed by atoms with Crippen LogP contribution < -0.4 is 9.80 Å². The standard InChI is InChI=1S/C25H32Cl2N4O3S/c1-18(2)35(33,34)30-14-15-31(22-7-5-4-6-19(22)3)24(17-30)25(32)29-12-10-28(11-13-29)23-16-20(26)8-9-21(23)27/h4-9,16,18,24H,10-15,17H2,1-3H3. The number of sulfonamides is 1. The summed E-state index contributed by atoms with van der Waals surface area (Å²) >= 11 is 12.6. The first-order chi connectivity index (χ1) is 16.6. The maximum absolute atomic E-state index is 13.9. The van der Waals surface area contributed by atoms with Gasteiger partial charge in [-0.1, -0.05) is 41.4 Å². The summed E-state index contributed by atoms with van der Waals surface area (Å²) in [5, 5.41) is 0.710. The van der Waals surface area contributed by atoms with Crippen LogP contribution in [0.15, 0.2) is 42.5 Å². The van der Waals surface area contributed by atoms with Crippen molar-refractivity contribution < 1.29 is 13.2 Å². The molecule has 2 aromatic rings. The van der Waals surface area contributed by atoms with E-state index in [9.17, 15) is 13.2 Å². The van der Waals surface area contributed by atoms with Crippen molar-refractivity contribution in [2.24, 2.45) is 0 Å². The molecule has 0 aliphatic carbocycles. The minimum absolute atomic E-state index is 0.0475. The molecule has 1 atom stereocenters. The second-order valence-corrected chi connectivity index (χ2v) is 12.7. The summed E-state index contributed by atoms with van der Waals surface area (Å²) in [6.07, 6.45) is 0. The smallest absolute Gasteiger partial charge is 0.246 e. The van der Waals surface area contributed by atoms with Crippen molar-refractivity contribution >= 4 is 50.5 Å². The number of nitrogens with zero attached hydrogens (tertiary/aromatic N) is 4. The number of hydrogen-bond acceptors (Lipinski definition) is 5. The summed E-state index contributed by atoms with van der Waals surface area (Å²) in [5.41, 5.74) is 2.89. The van der Waals surface area contributed by atoms with Crippen LogP contribution in [0.3, 0.4) is 0 Å². The summed E-state index contributed by atoms with van der Waals surface area (Å²) in [6.45, 7) is 8.64. The van der Waals surface area contributed by atoms with Gasteiger partial charge in [0.25, 0.3) is 0 Å². The highest BCUT2D eigenvalue weighted by Crippen LogP contribution is 2.31. The lowest BCUT2D eigenvalue weighted by molar-refractivity contribution is -0.133. The molecular weight excluding hydrogens is 507 g/mol. The van der Waals surface area contributed by atoms with Crippen molar-refractivity contribution in [3.8, 4) is 0 Å². The van der Waals surface area contributed by atoms with Gasteiger partial charge < -0.3 is 14.7 Å². The molecule has 2 saturated heterocycles. The number of halogens is 2. The molecule has 4 rings (SSSR count). The normalized spacial score (nSPS) is 19.9. The maximum Gasteiger partial charge on any atom is 0.246 e. The molecule has 35 heavy (non-hydrogen) atoms. The molecule has 1 unspecified atom stereocenters. The van der Waals surface area contributed by atoms with Crippen LogP contribution in [-0.2, 0) is 14.8 Å². The largest absolute Gasteiger partial charge is 0.367 e. The molecule has 10 heteroatoms. The highest BCUT2D eigenvalue weighted by molar-refractivity contribution is 7.89. The van der Waals surface area contributed by atoms with Crippen LogP contribution in [0, 0.1) is 6.92 Å². The zero-order chi connectivity index (χ0) is 25.3. The maximum atomic E-state index is 13.9. The van der Waals surface area contributed by atoms with Gasteiger partial charge in [0, 0.05) is 56.5 Å². The van der Waals surface area contributed by atoms with Gasteiger partial charge in [-0.25, -0.2) is 8.42 Å². The first kappa shape index (κ1) is 26.1. The molecule has 0 aromatic heterocycles. The van der Waals surface area contributed by atoms with Crippen LogP contribution in [0.2, 0.25) is 10.0 Å². The van der Waals surface area contributed by atoms with Crippen molar-refractivity contribution in [3.05, 3.63) is 58.1 Å². The minimum atomic E-state index is -3.47. The molecule has 2 aliphatic rings. The predicted octanol–water partition coefficient (Wildman–Crippen LogP) is 3.88. The van der Waals surface area contributed by atoms with E-state index in [1.165, 1.54) is 4.31 Å². The average molecular weight is 540 g/mol. The Morgan fingerprint density at radius 3 is 2.29 bits per heavy atom. The van der Waals surface area contributed by atoms with E-state index >= 15 is 0 Å². The lowest BCUT2D eigenvalue weighted by atomic mass is 10.1. The average Bonchev–Trinajstić information content (AvgIpc) is 2.85. The second kappa shape index (κ2) is 10.5. The van der Waals surface area contributed by atoms with Gasteiger partial charge in [0.2, 0.25) is 15.9 Å². The zero-order valence-electron chi connectivity index (χ0n) is 20.3. The number of rotatable bonds is 5. The third kappa shape index (κ3) is 5.40. The minimum Gasteiger partial charge on any atom is -0.367 e. The Balaban J connectivity index is 1.55. The number of hydrogen-bond donors (Lipinski definition) is 0. The summed E-state index contributed by atoms with van der Waals surface area (Å²) < 4.78 is 27.4. The van der Waals surface area contributed by atoms with E-state index in [1.54, 1.807) is 26.0 Å². The highest BCUT2D eigenvalue weighted by Gasteiger charge is 2.40. The van der Waals surface area contributed by atoms with Crippen LogP contribution in [-0.4, -0.2) is 80.6 Å². The predicted molar refractivity (Wildman–Crippen MR) is 143 cm³/mol. The van der Waals surface area contributed by atoms with E-state index in [1.807, 2.05) is 42.2 Å². The Morgan fingerprint density at radius 1 is 0.943 bits per heavy atom. The molecule has 0 spiro atoms. The van der Waals surface area contributed by atoms with Crippen LogP contribution in [0.25, 0.3) is 0 Å². The molecule has 0 N–H and O–H groups in total. The van der Waals surface area contributed by atoms with Crippen LogP contribution >= 0.6 is 23.2 Å². The number of carbonyl (C=O) groups is 1. The van der Waals surface area contributed by atoms with E-state index < -0.39 is 21.3 Å². The molecule has 2 heterocycles. The number of anilines is 2. The van der Waals surface area contributed by atoms with Crippen molar-refractivity contribution in [2.45, 2.75) is 32.1 Å². The van der Waals surface area contributed by atoms with E-state index in [4.69, 9.17) is 23.2 Å². The quantitative estimate of drug-likeness (QED) is 0.577. The molecule has 0 radical (unpaired) electrons. The van der Waals surface area contributed by atoms with Gasteiger partial charge in [-0.15, -0.1) is 0 Å². The van der Waals surface area contributed by atoms with Gasteiger partial charge in [-0.3, -0.25) is 4.79 Å².